The third-order valence-electron chi connectivity index (χ3n) is 1.78. The molecule has 1 nitrogen and oxygen atoms in total. The molecule has 0 aromatic rings. The van der Waals surface area contributed by atoms with Gasteiger partial charge in [-0.25, -0.2) is 0 Å². The Balaban J connectivity index is 2.49. The molecule has 0 aromatic carbocycles. The topological polar surface area (TPSA) is 26.0 Å². The highest BCUT2D eigenvalue weighted by Gasteiger charge is 2.13. The first-order chi connectivity index (χ1) is 5.08. The van der Waals surface area contributed by atoms with Crippen LogP contribution < -0.4 is 5.73 Å². The molecule has 0 atom stereocenters. The number of hydrogen-bond donors (Lipinski definition) is 1. The van der Waals surface area contributed by atoms with Crippen molar-refractivity contribution in [2.24, 2.45) is 5.73 Å². The predicted octanol–water partition coefficient (Wildman–Crippen LogP) is 2.39. The Kier molecular flexibility index (Phi) is 2.50. The summed E-state index contributed by atoms with van der Waals surface area (Å²) >= 11 is 0. The first kappa shape index (κ1) is 8.54. The molecule has 0 heterocycles. The molecule has 62 valence electrons. The van der Waals surface area contributed by atoms with Gasteiger partial charge in [-0.2, -0.15) is 0 Å². The van der Waals surface area contributed by atoms with E-state index in [1.807, 2.05) is 0 Å². The summed E-state index contributed by atoms with van der Waals surface area (Å²) in [5, 5.41) is 0. The molecule has 0 saturated carbocycles. The largest absolute Gasteiger partial charge is 0.325 e. The maximum absolute atomic E-state index is 5.90. The maximum Gasteiger partial charge on any atom is 0.0134 e. The van der Waals surface area contributed by atoms with Crippen LogP contribution in [0.3, 0.4) is 0 Å². The zero-order valence-corrected chi connectivity index (χ0v) is 7.43. The average molecular weight is 151 g/mol. The lowest BCUT2D eigenvalue weighted by molar-refractivity contribution is 0.505. The van der Waals surface area contributed by atoms with Crippen molar-refractivity contribution >= 4 is 0 Å². The molecule has 0 aliphatic heterocycles. The van der Waals surface area contributed by atoms with Crippen LogP contribution in [0.2, 0.25) is 0 Å². The van der Waals surface area contributed by atoms with Crippen molar-refractivity contribution in [3.8, 4) is 0 Å². The number of nitrogens with two attached hydrogens (primary N) is 1. The molecule has 0 spiro atoms. The zero-order valence-electron chi connectivity index (χ0n) is 7.43. The third kappa shape index (κ3) is 3.38. The molecule has 1 rings (SSSR count). The highest BCUT2D eigenvalue weighted by atomic mass is 14.7. The van der Waals surface area contributed by atoms with Crippen LogP contribution in [0.15, 0.2) is 23.8 Å². The first-order valence-electron chi connectivity index (χ1n) is 4.21. The Hall–Kier alpha value is -0.560. The quantitative estimate of drug-likeness (QED) is 0.644. The van der Waals surface area contributed by atoms with E-state index in [2.05, 4.69) is 32.1 Å². The van der Waals surface area contributed by atoms with Crippen molar-refractivity contribution in [1.82, 2.24) is 0 Å². The lowest BCUT2D eigenvalue weighted by atomic mass is 9.91. The smallest absolute Gasteiger partial charge is 0.0134 e. The highest BCUT2D eigenvalue weighted by molar-refractivity contribution is 5.19. The van der Waals surface area contributed by atoms with Gasteiger partial charge in [-0.15, -0.1) is 0 Å². The standard InChI is InChI=1S/C10H17N/c1-10(2,11)8-9-6-4-3-5-7-9/h3-4,6H,5,7-8,11H2,1-2H3. The van der Waals surface area contributed by atoms with Crippen LogP contribution >= 0.6 is 0 Å². The summed E-state index contributed by atoms with van der Waals surface area (Å²) in [6, 6.07) is 0. The fourth-order valence-corrected chi connectivity index (χ4v) is 1.38. The summed E-state index contributed by atoms with van der Waals surface area (Å²) in [6.07, 6.45) is 9.92. The zero-order chi connectivity index (χ0) is 8.32. The highest BCUT2D eigenvalue weighted by Crippen LogP contribution is 2.20. The molecule has 0 aromatic heterocycles. The normalized spacial score (nSPS) is 18.3. The summed E-state index contributed by atoms with van der Waals surface area (Å²) in [5.41, 5.74) is 7.34. The second-order valence-electron chi connectivity index (χ2n) is 3.96. The van der Waals surface area contributed by atoms with Crippen molar-refractivity contribution in [2.45, 2.75) is 38.6 Å². The van der Waals surface area contributed by atoms with Crippen LogP contribution in [0.4, 0.5) is 0 Å². The molecule has 0 radical (unpaired) electrons. The van der Waals surface area contributed by atoms with Gasteiger partial charge in [-0.05, 0) is 33.1 Å². The molecule has 1 aliphatic rings. The number of allylic oxidation sites excluding steroid dienone is 3. The third-order valence-corrected chi connectivity index (χ3v) is 1.78. The van der Waals surface area contributed by atoms with Crippen LogP contribution in [0.25, 0.3) is 0 Å². The fraction of sp³-hybridized carbons (Fsp3) is 0.600. The van der Waals surface area contributed by atoms with E-state index >= 15 is 0 Å². The van der Waals surface area contributed by atoms with E-state index in [0.717, 1.165) is 6.42 Å². The van der Waals surface area contributed by atoms with E-state index in [-0.39, 0.29) is 5.54 Å². The van der Waals surface area contributed by atoms with Crippen molar-refractivity contribution in [3.63, 3.8) is 0 Å². The lowest BCUT2D eigenvalue weighted by Crippen LogP contribution is -2.32. The minimum atomic E-state index is -0.0446. The molecule has 0 saturated heterocycles. The summed E-state index contributed by atoms with van der Waals surface area (Å²) < 4.78 is 0. The van der Waals surface area contributed by atoms with Gasteiger partial charge in [0.2, 0.25) is 0 Å². The Morgan fingerprint density at radius 2 is 2.27 bits per heavy atom. The fourth-order valence-electron chi connectivity index (χ4n) is 1.38. The SMILES string of the molecule is CC(C)(N)CC1=CC=CCC1. The molecular weight excluding hydrogens is 134 g/mol. The Bertz CT molecular complexity index is 182. The monoisotopic (exact) mass is 151 g/mol. The van der Waals surface area contributed by atoms with Gasteiger partial charge in [0, 0.05) is 5.54 Å². The molecular formula is C10H17N. The molecule has 0 bridgehead atoms. The second-order valence-corrected chi connectivity index (χ2v) is 3.96. The maximum atomic E-state index is 5.90. The van der Waals surface area contributed by atoms with Gasteiger partial charge in [0.05, 0.1) is 0 Å². The van der Waals surface area contributed by atoms with Crippen LogP contribution in [0, 0.1) is 0 Å². The molecule has 0 unspecified atom stereocenters. The minimum absolute atomic E-state index is 0.0446. The van der Waals surface area contributed by atoms with Gasteiger partial charge in [-0.1, -0.05) is 23.8 Å². The summed E-state index contributed by atoms with van der Waals surface area (Å²) in [4.78, 5) is 0. The summed E-state index contributed by atoms with van der Waals surface area (Å²) in [7, 11) is 0. The van der Waals surface area contributed by atoms with Crippen LogP contribution in [-0.2, 0) is 0 Å². The van der Waals surface area contributed by atoms with Gasteiger partial charge < -0.3 is 5.73 Å². The van der Waals surface area contributed by atoms with E-state index in [1.54, 1.807) is 0 Å². The van der Waals surface area contributed by atoms with Crippen LogP contribution in [-0.4, -0.2) is 5.54 Å². The number of rotatable bonds is 2. The molecule has 1 aliphatic carbocycles. The van der Waals surface area contributed by atoms with Crippen molar-refractivity contribution < 1.29 is 0 Å². The van der Waals surface area contributed by atoms with Crippen molar-refractivity contribution in [3.05, 3.63) is 23.8 Å². The molecule has 1 heteroatoms. The Labute approximate surface area is 69.0 Å². The summed E-state index contributed by atoms with van der Waals surface area (Å²) in [5.74, 6) is 0. The molecule has 0 amide bonds. The summed E-state index contributed by atoms with van der Waals surface area (Å²) in [6.45, 7) is 4.15. The van der Waals surface area contributed by atoms with Gasteiger partial charge in [-0.3, -0.25) is 0 Å². The van der Waals surface area contributed by atoms with Crippen LogP contribution in [0.1, 0.15) is 33.1 Å². The van der Waals surface area contributed by atoms with Gasteiger partial charge in [0.1, 0.15) is 0 Å². The predicted molar refractivity (Wildman–Crippen MR) is 49.3 cm³/mol. The molecule has 0 fully saturated rings. The molecule has 11 heavy (non-hydrogen) atoms. The second kappa shape index (κ2) is 3.22. The van der Waals surface area contributed by atoms with E-state index in [4.69, 9.17) is 5.73 Å². The van der Waals surface area contributed by atoms with Crippen molar-refractivity contribution in [1.29, 1.82) is 0 Å². The van der Waals surface area contributed by atoms with Gasteiger partial charge in [0.25, 0.3) is 0 Å². The van der Waals surface area contributed by atoms with E-state index in [0.29, 0.717) is 0 Å². The van der Waals surface area contributed by atoms with Crippen LogP contribution in [0.5, 0.6) is 0 Å². The van der Waals surface area contributed by atoms with Crippen molar-refractivity contribution in [2.75, 3.05) is 0 Å². The Morgan fingerprint density at radius 3 is 2.73 bits per heavy atom. The van der Waals surface area contributed by atoms with Gasteiger partial charge >= 0.3 is 0 Å². The van der Waals surface area contributed by atoms with E-state index < -0.39 is 0 Å². The lowest BCUT2D eigenvalue weighted by Gasteiger charge is -2.21. The number of hydrogen-bond acceptors (Lipinski definition) is 1. The average Bonchev–Trinajstić information content (AvgIpc) is 1.85. The first-order valence-corrected chi connectivity index (χ1v) is 4.21. The van der Waals surface area contributed by atoms with Gasteiger partial charge in [0.15, 0.2) is 0 Å². The van der Waals surface area contributed by atoms with E-state index in [1.165, 1.54) is 18.4 Å². The molecule has 2 N–H and O–H groups in total. The minimum Gasteiger partial charge on any atom is -0.325 e. The Morgan fingerprint density at radius 1 is 1.55 bits per heavy atom. The van der Waals surface area contributed by atoms with E-state index in [9.17, 15) is 0 Å².